The smallest absolute Gasteiger partial charge is 0.104 e. The second-order valence-corrected chi connectivity index (χ2v) is 9.92. The Labute approximate surface area is 200 Å². The lowest BCUT2D eigenvalue weighted by atomic mass is 10.0. The van der Waals surface area contributed by atoms with Gasteiger partial charge in [0.25, 0.3) is 0 Å². The van der Waals surface area contributed by atoms with Crippen LogP contribution in [0.5, 0.6) is 0 Å². The van der Waals surface area contributed by atoms with Crippen LogP contribution in [0.15, 0.2) is 60.9 Å². The molecule has 0 aliphatic carbocycles. The quantitative estimate of drug-likeness (QED) is 0.177. The van der Waals surface area contributed by atoms with Gasteiger partial charge in [0.15, 0.2) is 0 Å². The molecular weight excluding hydrogens is 388 g/mol. The third kappa shape index (κ3) is 18.0. The summed E-state index contributed by atoms with van der Waals surface area (Å²) in [6.45, 7) is 4.75. The summed E-state index contributed by atoms with van der Waals surface area (Å²) in [5.41, 5.74) is 1.46. The first-order valence-corrected chi connectivity index (χ1v) is 13.3. The first-order chi connectivity index (χ1) is 15.6. The predicted octanol–water partition coefficient (Wildman–Crippen LogP) is 8.83. The predicted molar refractivity (Wildman–Crippen MR) is 142 cm³/mol. The van der Waals surface area contributed by atoms with Crippen LogP contribution in [0.4, 0.5) is 0 Å². The van der Waals surface area contributed by atoms with Gasteiger partial charge in [-0.3, -0.25) is 4.98 Å². The van der Waals surface area contributed by atoms with Crippen molar-refractivity contribution < 1.29 is 4.48 Å². The van der Waals surface area contributed by atoms with E-state index < -0.39 is 0 Å². The van der Waals surface area contributed by atoms with E-state index in [-0.39, 0.29) is 0 Å². The first kappa shape index (κ1) is 28.4. The molecule has 2 rings (SSSR count). The van der Waals surface area contributed by atoms with E-state index in [0.29, 0.717) is 0 Å². The molecule has 1 heterocycles. The minimum absolute atomic E-state index is 1.11. The van der Waals surface area contributed by atoms with Crippen LogP contribution in [-0.2, 0) is 6.54 Å². The summed E-state index contributed by atoms with van der Waals surface area (Å²) in [5.74, 6) is 0. The Hall–Kier alpha value is -1.67. The Kier molecular flexibility index (Phi) is 17.7. The van der Waals surface area contributed by atoms with E-state index in [1.807, 2.05) is 18.2 Å². The molecule has 2 nitrogen and oxygen atoms in total. The summed E-state index contributed by atoms with van der Waals surface area (Å²) in [4.78, 5) is 3.78. The van der Waals surface area contributed by atoms with E-state index in [0.717, 1.165) is 11.0 Å². The van der Waals surface area contributed by atoms with Crippen LogP contribution in [0.2, 0.25) is 0 Å². The van der Waals surface area contributed by atoms with E-state index in [9.17, 15) is 0 Å². The second kappa shape index (κ2) is 20.0. The number of pyridine rings is 1. The van der Waals surface area contributed by atoms with Crippen molar-refractivity contribution in [1.82, 2.24) is 4.98 Å². The van der Waals surface area contributed by atoms with Crippen molar-refractivity contribution in [1.29, 1.82) is 0 Å². The molecule has 0 aliphatic rings. The lowest BCUT2D eigenvalue weighted by Crippen LogP contribution is -2.39. The highest BCUT2D eigenvalue weighted by Gasteiger charge is 2.14. The minimum atomic E-state index is 1.11. The second-order valence-electron chi connectivity index (χ2n) is 9.92. The molecule has 0 fully saturated rings. The molecule has 0 atom stereocenters. The molecule has 1 aromatic carbocycles. The fraction of sp³-hybridized carbons (Fsp3) is 0.633. The SMILES string of the molecule is CCCCCCCCCCCCCCCC[N+](C)(C)Cc1ccccc1.c1ccncc1. The molecule has 0 radical (unpaired) electrons. The third-order valence-electron chi connectivity index (χ3n) is 6.14. The van der Waals surface area contributed by atoms with Gasteiger partial charge in [-0.15, -0.1) is 0 Å². The molecule has 0 unspecified atom stereocenters. The average Bonchev–Trinajstić information content (AvgIpc) is 2.81. The maximum Gasteiger partial charge on any atom is 0.104 e. The zero-order valence-electron chi connectivity index (χ0n) is 21.5. The zero-order chi connectivity index (χ0) is 23.2. The number of aromatic nitrogens is 1. The van der Waals surface area contributed by atoms with Crippen LogP contribution >= 0.6 is 0 Å². The normalized spacial score (nSPS) is 11.1. The van der Waals surface area contributed by atoms with Crippen LogP contribution in [-0.4, -0.2) is 30.1 Å². The molecule has 0 N–H and O–H groups in total. The van der Waals surface area contributed by atoms with Crippen LogP contribution in [0, 0.1) is 0 Å². The zero-order valence-corrected chi connectivity index (χ0v) is 21.5. The lowest BCUT2D eigenvalue weighted by molar-refractivity contribution is -0.903. The molecule has 0 spiro atoms. The highest BCUT2D eigenvalue weighted by atomic mass is 15.3. The van der Waals surface area contributed by atoms with Crippen LogP contribution in [0.3, 0.4) is 0 Å². The van der Waals surface area contributed by atoms with E-state index in [4.69, 9.17) is 0 Å². The van der Waals surface area contributed by atoms with E-state index >= 15 is 0 Å². The highest BCUT2D eigenvalue weighted by Crippen LogP contribution is 2.15. The van der Waals surface area contributed by atoms with Crippen LogP contribution < -0.4 is 0 Å². The van der Waals surface area contributed by atoms with Gasteiger partial charge >= 0.3 is 0 Å². The highest BCUT2D eigenvalue weighted by molar-refractivity contribution is 5.13. The number of hydrogen-bond acceptors (Lipinski definition) is 1. The third-order valence-corrected chi connectivity index (χ3v) is 6.14. The number of nitrogens with zero attached hydrogens (tertiary/aromatic N) is 2. The summed E-state index contributed by atoms with van der Waals surface area (Å²) in [6, 6.07) is 16.6. The standard InChI is InChI=1S/C25H46N.C5H5N/c1-4-5-6-7-8-9-10-11-12-13-14-15-16-20-23-26(2,3)24-25-21-18-17-19-22-25;1-2-4-6-5-3-1/h17-19,21-22H,4-16,20,23-24H2,1-3H3;1-5H/q+1;. The van der Waals surface area contributed by atoms with Gasteiger partial charge in [0.05, 0.1) is 20.6 Å². The van der Waals surface area contributed by atoms with E-state index in [2.05, 4.69) is 56.3 Å². The van der Waals surface area contributed by atoms with Crippen molar-refractivity contribution >= 4 is 0 Å². The van der Waals surface area contributed by atoms with Gasteiger partial charge in [0.1, 0.15) is 6.54 Å². The first-order valence-electron chi connectivity index (χ1n) is 13.3. The monoisotopic (exact) mass is 439 g/mol. The van der Waals surface area contributed by atoms with Gasteiger partial charge in [0.2, 0.25) is 0 Å². The molecule has 0 aliphatic heterocycles. The largest absolute Gasteiger partial charge is 0.325 e. The lowest BCUT2D eigenvalue weighted by Gasteiger charge is -2.30. The van der Waals surface area contributed by atoms with Crippen molar-refractivity contribution in [2.24, 2.45) is 0 Å². The maximum absolute atomic E-state index is 3.78. The van der Waals surface area contributed by atoms with Gasteiger partial charge in [0, 0.05) is 18.0 Å². The summed E-state index contributed by atoms with van der Waals surface area (Å²) in [5, 5.41) is 0. The number of hydrogen-bond donors (Lipinski definition) is 0. The Morgan fingerprint density at radius 3 is 1.41 bits per heavy atom. The van der Waals surface area contributed by atoms with Crippen molar-refractivity contribution in [2.45, 2.75) is 103 Å². The molecule has 2 aromatic rings. The Bertz CT molecular complexity index is 583. The molecule has 0 bridgehead atoms. The molecule has 0 saturated heterocycles. The fourth-order valence-electron chi connectivity index (χ4n) is 4.20. The molecule has 0 saturated carbocycles. The van der Waals surface area contributed by atoms with Crippen molar-refractivity contribution in [2.75, 3.05) is 20.6 Å². The molecule has 180 valence electrons. The van der Waals surface area contributed by atoms with Crippen molar-refractivity contribution in [3.8, 4) is 0 Å². The summed E-state index contributed by atoms with van der Waals surface area (Å²) in [6.07, 6.45) is 23.7. The fourth-order valence-corrected chi connectivity index (χ4v) is 4.20. The minimum Gasteiger partial charge on any atom is -0.325 e. The van der Waals surface area contributed by atoms with Crippen LogP contribution in [0.25, 0.3) is 0 Å². The van der Waals surface area contributed by atoms with Crippen LogP contribution in [0.1, 0.15) is 102 Å². The van der Waals surface area contributed by atoms with Gasteiger partial charge in [-0.05, 0) is 25.0 Å². The van der Waals surface area contributed by atoms with Gasteiger partial charge in [-0.25, -0.2) is 0 Å². The number of benzene rings is 1. The molecular formula is C30H51N2+. The topological polar surface area (TPSA) is 12.9 Å². The number of rotatable bonds is 17. The summed E-state index contributed by atoms with van der Waals surface area (Å²) >= 11 is 0. The van der Waals surface area contributed by atoms with E-state index in [1.165, 1.54) is 102 Å². The van der Waals surface area contributed by atoms with Gasteiger partial charge in [-0.1, -0.05) is 120 Å². The number of unbranched alkanes of at least 4 members (excludes halogenated alkanes) is 13. The van der Waals surface area contributed by atoms with Gasteiger partial charge in [-0.2, -0.15) is 0 Å². The number of quaternary nitrogens is 1. The van der Waals surface area contributed by atoms with Crippen molar-refractivity contribution in [3.63, 3.8) is 0 Å². The summed E-state index contributed by atoms with van der Waals surface area (Å²) < 4.78 is 1.11. The Morgan fingerprint density at radius 2 is 1.00 bits per heavy atom. The Morgan fingerprint density at radius 1 is 0.562 bits per heavy atom. The molecule has 1 aromatic heterocycles. The van der Waals surface area contributed by atoms with E-state index in [1.54, 1.807) is 12.4 Å². The summed E-state index contributed by atoms with van der Waals surface area (Å²) in [7, 11) is 4.74. The van der Waals surface area contributed by atoms with Gasteiger partial charge < -0.3 is 4.48 Å². The molecule has 0 amide bonds. The Balaban J connectivity index is 0.000000730. The molecule has 32 heavy (non-hydrogen) atoms. The average molecular weight is 440 g/mol. The van der Waals surface area contributed by atoms with Crippen molar-refractivity contribution in [3.05, 3.63) is 66.5 Å². The molecule has 2 heteroatoms. The maximum atomic E-state index is 3.78.